The van der Waals surface area contributed by atoms with Gasteiger partial charge in [-0.1, -0.05) is 25.6 Å². The number of thioether (sulfide) groups is 1. The monoisotopic (exact) mass is 243 g/mol. The molecule has 0 fully saturated rings. The highest BCUT2D eigenvalue weighted by Crippen LogP contribution is 2.08. The summed E-state index contributed by atoms with van der Waals surface area (Å²) >= 11 is 1.52. The van der Waals surface area contributed by atoms with Crippen LogP contribution in [0.4, 0.5) is 0 Å². The first-order chi connectivity index (χ1) is 7.63. The highest BCUT2D eigenvalue weighted by Gasteiger charge is 2.13. The van der Waals surface area contributed by atoms with Crippen LogP contribution in [0.3, 0.4) is 0 Å². The van der Waals surface area contributed by atoms with Gasteiger partial charge < -0.3 is 10.6 Å². The van der Waals surface area contributed by atoms with Gasteiger partial charge in [-0.25, -0.2) is 0 Å². The number of amidine groups is 1. The zero-order chi connectivity index (χ0) is 12.0. The summed E-state index contributed by atoms with van der Waals surface area (Å²) < 4.78 is 0. The average Bonchev–Trinajstić information content (AvgIpc) is 2.77. The van der Waals surface area contributed by atoms with Gasteiger partial charge in [0.2, 0.25) is 11.8 Å². The molecular formula is C10H17N3O2S. The Labute approximate surface area is 99.5 Å². The quantitative estimate of drug-likeness (QED) is 0.749. The molecule has 1 aliphatic heterocycles. The smallest absolute Gasteiger partial charge is 0.245 e. The molecule has 0 radical (unpaired) electrons. The van der Waals surface area contributed by atoms with Crippen LogP contribution in [0.1, 0.15) is 20.3 Å². The molecule has 5 nitrogen and oxygen atoms in total. The summed E-state index contributed by atoms with van der Waals surface area (Å²) in [5, 5.41) is 5.90. The van der Waals surface area contributed by atoms with Gasteiger partial charge >= 0.3 is 0 Å². The van der Waals surface area contributed by atoms with Gasteiger partial charge in [-0.15, -0.1) is 0 Å². The van der Waals surface area contributed by atoms with Crippen LogP contribution in [-0.4, -0.2) is 35.8 Å². The Hall–Kier alpha value is -1.04. The van der Waals surface area contributed by atoms with Gasteiger partial charge in [0.25, 0.3) is 0 Å². The maximum Gasteiger partial charge on any atom is 0.245 e. The first kappa shape index (κ1) is 13.0. The highest BCUT2D eigenvalue weighted by atomic mass is 32.2. The summed E-state index contributed by atoms with van der Waals surface area (Å²) in [5.41, 5.74) is 0. The summed E-state index contributed by atoms with van der Waals surface area (Å²) in [7, 11) is 0. The lowest BCUT2D eigenvalue weighted by molar-refractivity contribution is -0.127. The molecule has 1 rings (SSSR count). The van der Waals surface area contributed by atoms with Gasteiger partial charge in [-0.2, -0.15) is 0 Å². The van der Waals surface area contributed by atoms with E-state index in [-0.39, 0.29) is 24.3 Å². The third kappa shape index (κ3) is 4.22. The van der Waals surface area contributed by atoms with Crippen LogP contribution in [0.25, 0.3) is 0 Å². The molecule has 0 saturated heterocycles. The first-order valence-corrected chi connectivity index (χ1v) is 6.36. The molecule has 0 spiro atoms. The molecule has 0 bridgehead atoms. The lowest BCUT2D eigenvalue weighted by Crippen LogP contribution is -2.40. The van der Waals surface area contributed by atoms with Crippen molar-refractivity contribution >= 4 is 28.7 Å². The van der Waals surface area contributed by atoms with Crippen molar-refractivity contribution in [2.75, 3.05) is 18.8 Å². The second-order valence-electron chi connectivity index (χ2n) is 3.61. The number of carbonyl (C=O) groups excluding carboxylic acids is 2. The van der Waals surface area contributed by atoms with Crippen LogP contribution in [0.2, 0.25) is 0 Å². The van der Waals surface area contributed by atoms with E-state index in [1.165, 1.54) is 11.8 Å². The van der Waals surface area contributed by atoms with Gasteiger partial charge in [-0.3, -0.25) is 14.6 Å². The molecule has 1 heterocycles. The fraction of sp³-hybridized carbons (Fsp3) is 0.700. The number of carbonyl (C=O) groups is 2. The van der Waals surface area contributed by atoms with Crippen LogP contribution in [0, 0.1) is 5.92 Å². The van der Waals surface area contributed by atoms with Crippen molar-refractivity contribution in [3.8, 4) is 0 Å². The van der Waals surface area contributed by atoms with Crippen molar-refractivity contribution in [1.82, 2.24) is 10.6 Å². The average molecular weight is 243 g/mol. The van der Waals surface area contributed by atoms with E-state index in [1.807, 2.05) is 13.8 Å². The summed E-state index contributed by atoms with van der Waals surface area (Å²) in [6.07, 6.45) is 0.774. The maximum absolute atomic E-state index is 11.4. The summed E-state index contributed by atoms with van der Waals surface area (Å²) in [6, 6.07) is 0. The zero-order valence-corrected chi connectivity index (χ0v) is 10.4. The number of hydrogen-bond acceptors (Lipinski definition) is 4. The number of amides is 2. The van der Waals surface area contributed by atoms with Crippen LogP contribution in [0.15, 0.2) is 4.99 Å². The van der Waals surface area contributed by atoms with E-state index in [4.69, 9.17) is 0 Å². The molecule has 1 unspecified atom stereocenters. The standard InChI is InChI=1S/C10H17N3O2S/c1-3-7(2)9(15)12-6-8(14)13-10-11-4-5-16-10/h7H,3-6H2,1-2H3,(H,12,15)(H,11,13,14). The number of rotatable bonds is 4. The zero-order valence-electron chi connectivity index (χ0n) is 9.58. The van der Waals surface area contributed by atoms with Gasteiger partial charge in [0.15, 0.2) is 5.17 Å². The Kier molecular flexibility index (Phi) is 5.31. The molecule has 90 valence electrons. The SMILES string of the molecule is CCC(C)C(=O)NCC(=O)NC1=NCCS1. The van der Waals surface area contributed by atoms with Crippen LogP contribution < -0.4 is 10.6 Å². The van der Waals surface area contributed by atoms with Crippen molar-refractivity contribution in [2.45, 2.75) is 20.3 Å². The Morgan fingerprint density at radius 2 is 2.31 bits per heavy atom. The van der Waals surface area contributed by atoms with E-state index in [0.29, 0.717) is 5.17 Å². The minimum Gasteiger partial charge on any atom is -0.347 e. The first-order valence-electron chi connectivity index (χ1n) is 5.38. The van der Waals surface area contributed by atoms with Gasteiger partial charge in [-0.05, 0) is 6.42 Å². The molecule has 0 aromatic heterocycles. The number of nitrogens with one attached hydrogen (secondary N) is 2. The second kappa shape index (κ2) is 6.52. The summed E-state index contributed by atoms with van der Waals surface area (Å²) in [4.78, 5) is 26.9. The molecule has 0 aromatic carbocycles. The minimum atomic E-state index is -0.218. The van der Waals surface area contributed by atoms with Crippen molar-refractivity contribution in [2.24, 2.45) is 10.9 Å². The molecular weight excluding hydrogens is 226 g/mol. The predicted molar refractivity (Wildman–Crippen MR) is 65.4 cm³/mol. The molecule has 2 N–H and O–H groups in total. The van der Waals surface area contributed by atoms with E-state index >= 15 is 0 Å². The van der Waals surface area contributed by atoms with E-state index in [2.05, 4.69) is 15.6 Å². The molecule has 6 heteroatoms. The lowest BCUT2D eigenvalue weighted by Gasteiger charge is -2.09. The molecule has 0 saturated carbocycles. The third-order valence-corrected chi connectivity index (χ3v) is 3.21. The van der Waals surface area contributed by atoms with Crippen LogP contribution in [-0.2, 0) is 9.59 Å². The van der Waals surface area contributed by atoms with Crippen LogP contribution in [0.5, 0.6) is 0 Å². The number of aliphatic imine (C=N–C) groups is 1. The largest absolute Gasteiger partial charge is 0.347 e. The van der Waals surface area contributed by atoms with Crippen molar-refractivity contribution in [1.29, 1.82) is 0 Å². The summed E-state index contributed by atoms with van der Waals surface area (Å²) in [6.45, 7) is 4.54. The Morgan fingerprint density at radius 1 is 1.56 bits per heavy atom. The number of nitrogens with zero attached hydrogens (tertiary/aromatic N) is 1. The minimum absolute atomic E-state index is 0.0166. The number of hydrogen-bond donors (Lipinski definition) is 2. The molecule has 1 atom stereocenters. The third-order valence-electron chi connectivity index (χ3n) is 2.31. The van der Waals surface area contributed by atoms with E-state index in [1.54, 1.807) is 0 Å². The van der Waals surface area contributed by atoms with Gasteiger partial charge in [0.1, 0.15) is 0 Å². The molecule has 1 aliphatic rings. The Balaban J connectivity index is 2.22. The van der Waals surface area contributed by atoms with E-state index in [0.717, 1.165) is 18.7 Å². The normalized spacial score (nSPS) is 16.5. The predicted octanol–water partition coefficient (Wildman–Crippen LogP) is 0.368. The van der Waals surface area contributed by atoms with Crippen LogP contribution >= 0.6 is 11.8 Å². The van der Waals surface area contributed by atoms with Crippen molar-refractivity contribution in [3.63, 3.8) is 0 Å². The maximum atomic E-state index is 11.4. The Bertz CT molecular complexity index is 304. The Morgan fingerprint density at radius 3 is 2.88 bits per heavy atom. The fourth-order valence-corrected chi connectivity index (χ4v) is 1.85. The molecule has 0 aromatic rings. The molecule has 2 amide bonds. The molecule has 16 heavy (non-hydrogen) atoms. The fourth-order valence-electron chi connectivity index (χ4n) is 1.10. The lowest BCUT2D eigenvalue weighted by atomic mass is 10.1. The van der Waals surface area contributed by atoms with E-state index in [9.17, 15) is 9.59 Å². The summed E-state index contributed by atoms with van der Waals surface area (Å²) in [5.74, 6) is 0.559. The van der Waals surface area contributed by atoms with Crippen molar-refractivity contribution in [3.05, 3.63) is 0 Å². The van der Waals surface area contributed by atoms with Crippen molar-refractivity contribution < 1.29 is 9.59 Å². The van der Waals surface area contributed by atoms with Gasteiger partial charge in [0, 0.05) is 11.7 Å². The van der Waals surface area contributed by atoms with Gasteiger partial charge in [0.05, 0.1) is 13.1 Å². The topological polar surface area (TPSA) is 70.6 Å². The highest BCUT2D eigenvalue weighted by molar-refractivity contribution is 8.14. The second-order valence-corrected chi connectivity index (χ2v) is 4.69. The van der Waals surface area contributed by atoms with E-state index < -0.39 is 0 Å². The molecule has 0 aliphatic carbocycles.